The first-order valence-electron chi connectivity index (χ1n) is 6.48. The first kappa shape index (κ1) is 13.8. The molecular weight excluding hydrogens is 210 g/mol. The van der Waals surface area contributed by atoms with Crippen LogP contribution in [0.5, 0.6) is 0 Å². The number of carbonyl (C=O) groups is 1. The molecule has 0 fully saturated rings. The van der Waals surface area contributed by atoms with E-state index in [1.807, 2.05) is 11.8 Å². The van der Waals surface area contributed by atoms with Crippen LogP contribution in [0.15, 0.2) is 37.0 Å². The Labute approximate surface area is 105 Å². The fourth-order valence-electron chi connectivity index (χ4n) is 2.03. The maximum absolute atomic E-state index is 11.6. The third kappa shape index (κ3) is 5.03. The summed E-state index contributed by atoms with van der Waals surface area (Å²) in [6.45, 7) is 6.93. The second-order valence-corrected chi connectivity index (χ2v) is 4.41. The number of nitrogens with zero attached hydrogens (tertiary/aromatic N) is 1. The zero-order chi connectivity index (χ0) is 12.5. The molecule has 0 aliphatic heterocycles. The molecule has 0 aromatic rings. The van der Waals surface area contributed by atoms with Crippen LogP contribution in [0.4, 0.5) is 0 Å². The van der Waals surface area contributed by atoms with Gasteiger partial charge in [0.25, 0.3) is 0 Å². The number of hydrogen-bond acceptors (Lipinski definition) is 1. The molecule has 0 aromatic heterocycles. The van der Waals surface area contributed by atoms with Gasteiger partial charge in [0.2, 0.25) is 5.91 Å². The van der Waals surface area contributed by atoms with Crippen molar-refractivity contribution in [1.82, 2.24) is 4.90 Å². The van der Waals surface area contributed by atoms with Gasteiger partial charge in [0.15, 0.2) is 0 Å². The summed E-state index contributed by atoms with van der Waals surface area (Å²) in [4.78, 5) is 13.5. The quantitative estimate of drug-likeness (QED) is 0.644. The van der Waals surface area contributed by atoms with Crippen molar-refractivity contribution in [2.75, 3.05) is 13.1 Å². The monoisotopic (exact) mass is 233 g/mol. The number of hydrogen-bond donors (Lipinski definition) is 0. The molecule has 1 amide bonds. The van der Waals surface area contributed by atoms with Gasteiger partial charge in [0.1, 0.15) is 0 Å². The largest absolute Gasteiger partial charge is 0.335 e. The lowest BCUT2D eigenvalue weighted by Crippen LogP contribution is -2.30. The maximum Gasteiger partial charge on any atom is 0.222 e. The zero-order valence-electron chi connectivity index (χ0n) is 10.8. The SMILES string of the molecule is C=CCN(C/C=C\C1CC=CCC1)C(=O)CC. The highest BCUT2D eigenvalue weighted by Gasteiger charge is 2.08. The molecule has 2 nitrogen and oxygen atoms in total. The van der Waals surface area contributed by atoms with E-state index in [2.05, 4.69) is 30.9 Å². The molecule has 94 valence electrons. The molecule has 2 heteroatoms. The summed E-state index contributed by atoms with van der Waals surface area (Å²) in [7, 11) is 0. The van der Waals surface area contributed by atoms with Crippen LogP contribution in [-0.2, 0) is 4.79 Å². The van der Waals surface area contributed by atoms with Crippen LogP contribution < -0.4 is 0 Å². The molecule has 1 rings (SSSR count). The Morgan fingerprint density at radius 2 is 2.29 bits per heavy atom. The van der Waals surface area contributed by atoms with Gasteiger partial charge in [-0.2, -0.15) is 0 Å². The normalized spacial score (nSPS) is 19.5. The van der Waals surface area contributed by atoms with Crippen molar-refractivity contribution < 1.29 is 4.79 Å². The van der Waals surface area contributed by atoms with Gasteiger partial charge in [-0.05, 0) is 25.2 Å². The minimum Gasteiger partial charge on any atom is -0.335 e. The van der Waals surface area contributed by atoms with Crippen LogP contribution >= 0.6 is 0 Å². The van der Waals surface area contributed by atoms with Crippen molar-refractivity contribution in [1.29, 1.82) is 0 Å². The van der Waals surface area contributed by atoms with Gasteiger partial charge in [-0.25, -0.2) is 0 Å². The minimum atomic E-state index is 0.193. The summed E-state index contributed by atoms with van der Waals surface area (Å²) >= 11 is 0. The van der Waals surface area contributed by atoms with Gasteiger partial charge in [-0.1, -0.05) is 37.3 Å². The molecule has 0 saturated carbocycles. The Morgan fingerprint density at radius 3 is 2.88 bits per heavy atom. The maximum atomic E-state index is 11.6. The van der Waals surface area contributed by atoms with Crippen molar-refractivity contribution in [3.63, 3.8) is 0 Å². The average molecular weight is 233 g/mol. The summed E-state index contributed by atoms with van der Waals surface area (Å²) in [6.07, 6.45) is 14.8. The van der Waals surface area contributed by atoms with E-state index < -0.39 is 0 Å². The lowest BCUT2D eigenvalue weighted by molar-refractivity contribution is -0.129. The second-order valence-electron chi connectivity index (χ2n) is 4.41. The van der Waals surface area contributed by atoms with Gasteiger partial charge in [0, 0.05) is 19.5 Å². The third-order valence-electron chi connectivity index (χ3n) is 3.05. The van der Waals surface area contributed by atoms with Crippen molar-refractivity contribution in [2.45, 2.75) is 32.6 Å². The predicted octanol–water partition coefficient (Wildman–Crippen LogP) is 3.32. The molecule has 1 unspecified atom stereocenters. The van der Waals surface area contributed by atoms with Crippen LogP contribution in [0, 0.1) is 5.92 Å². The van der Waals surface area contributed by atoms with Crippen molar-refractivity contribution in [3.8, 4) is 0 Å². The summed E-state index contributed by atoms with van der Waals surface area (Å²) < 4.78 is 0. The second kappa shape index (κ2) is 7.88. The Balaban J connectivity index is 2.39. The van der Waals surface area contributed by atoms with Crippen LogP contribution in [0.1, 0.15) is 32.6 Å². The lowest BCUT2D eigenvalue weighted by Gasteiger charge is -2.19. The van der Waals surface area contributed by atoms with E-state index in [0.717, 1.165) is 6.42 Å². The lowest BCUT2D eigenvalue weighted by atomic mass is 9.94. The van der Waals surface area contributed by atoms with E-state index in [-0.39, 0.29) is 5.91 Å². The molecule has 1 atom stereocenters. The molecule has 0 heterocycles. The molecule has 0 aromatic carbocycles. The van der Waals surface area contributed by atoms with E-state index in [1.165, 1.54) is 12.8 Å². The van der Waals surface area contributed by atoms with Gasteiger partial charge >= 0.3 is 0 Å². The molecular formula is C15H23NO. The first-order chi connectivity index (χ1) is 8.27. The number of allylic oxidation sites excluding steroid dienone is 3. The smallest absolute Gasteiger partial charge is 0.222 e. The Bertz CT molecular complexity index is 304. The number of rotatable bonds is 6. The fraction of sp³-hybridized carbons (Fsp3) is 0.533. The minimum absolute atomic E-state index is 0.193. The van der Waals surface area contributed by atoms with Gasteiger partial charge in [-0.3, -0.25) is 4.79 Å². The Hall–Kier alpha value is -1.31. The molecule has 0 radical (unpaired) electrons. The van der Waals surface area contributed by atoms with Crippen LogP contribution in [-0.4, -0.2) is 23.9 Å². The van der Waals surface area contributed by atoms with E-state index in [1.54, 1.807) is 6.08 Å². The molecule has 1 aliphatic carbocycles. The Morgan fingerprint density at radius 1 is 1.47 bits per heavy atom. The topological polar surface area (TPSA) is 20.3 Å². The van der Waals surface area contributed by atoms with Crippen LogP contribution in [0.25, 0.3) is 0 Å². The van der Waals surface area contributed by atoms with Crippen molar-refractivity contribution in [2.24, 2.45) is 5.92 Å². The van der Waals surface area contributed by atoms with Gasteiger partial charge in [0.05, 0.1) is 0 Å². The summed E-state index contributed by atoms with van der Waals surface area (Å²) in [6, 6.07) is 0. The molecule has 0 spiro atoms. The highest BCUT2D eigenvalue weighted by atomic mass is 16.2. The van der Waals surface area contributed by atoms with E-state index >= 15 is 0 Å². The summed E-state index contributed by atoms with van der Waals surface area (Å²) in [5, 5.41) is 0. The van der Waals surface area contributed by atoms with Gasteiger partial charge < -0.3 is 4.90 Å². The number of amides is 1. The highest BCUT2D eigenvalue weighted by Crippen LogP contribution is 2.19. The predicted molar refractivity (Wildman–Crippen MR) is 72.7 cm³/mol. The first-order valence-corrected chi connectivity index (χ1v) is 6.48. The third-order valence-corrected chi connectivity index (χ3v) is 3.05. The average Bonchev–Trinajstić information content (AvgIpc) is 2.38. The van der Waals surface area contributed by atoms with E-state index in [0.29, 0.717) is 25.4 Å². The fourth-order valence-corrected chi connectivity index (χ4v) is 2.03. The number of carbonyl (C=O) groups excluding carboxylic acids is 1. The molecule has 17 heavy (non-hydrogen) atoms. The van der Waals surface area contributed by atoms with E-state index in [4.69, 9.17) is 0 Å². The summed E-state index contributed by atoms with van der Waals surface area (Å²) in [5.41, 5.74) is 0. The highest BCUT2D eigenvalue weighted by molar-refractivity contribution is 5.76. The van der Waals surface area contributed by atoms with Crippen molar-refractivity contribution in [3.05, 3.63) is 37.0 Å². The summed E-state index contributed by atoms with van der Waals surface area (Å²) in [5.74, 6) is 0.848. The van der Waals surface area contributed by atoms with Gasteiger partial charge in [-0.15, -0.1) is 6.58 Å². The van der Waals surface area contributed by atoms with Crippen molar-refractivity contribution >= 4 is 5.91 Å². The van der Waals surface area contributed by atoms with Crippen LogP contribution in [0.3, 0.4) is 0 Å². The van der Waals surface area contributed by atoms with Crippen LogP contribution in [0.2, 0.25) is 0 Å². The Kier molecular flexibility index (Phi) is 6.38. The molecule has 0 N–H and O–H groups in total. The molecule has 0 saturated heterocycles. The van der Waals surface area contributed by atoms with E-state index in [9.17, 15) is 4.79 Å². The molecule has 0 bridgehead atoms. The molecule has 1 aliphatic rings. The zero-order valence-corrected chi connectivity index (χ0v) is 10.8. The standard InChI is InChI=1S/C15H23NO/c1-3-12-16(15(17)4-2)13-8-11-14-9-6-5-7-10-14/h3,5-6,8,11,14H,1,4,7,9-10,12-13H2,2H3/b11-8-.